The Morgan fingerprint density at radius 3 is 2.68 bits per heavy atom. The highest BCUT2D eigenvalue weighted by atomic mass is 79.9. The number of nitrogens with one attached hydrogen (secondary N) is 1. The summed E-state index contributed by atoms with van der Waals surface area (Å²) in [6.45, 7) is 1.79. The Morgan fingerprint density at radius 1 is 1.26 bits per heavy atom. The lowest BCUT2D eigenvalue weighted by Crippen LogP contribution is -2.31. The van der Waals surface area contributed by atoms with Crippen LogP contribution in [0.2, 0.25) is 0 Å². The summed E-state index contributed by atoms with van der Waals surface area (Å²) in [5.74, 6) is 1.91. The van der Waals surface area contributed by atoms with E-state index in [4.69, 9.17) is 11.6 Å². The molecule has 2 atom stereocenters. The fourth-order valence-electron chi connectivity index (χ4n) is 2.81. The van der Waals surface area contributed by atoms with Gasteiger partial charge in [-0.05, 0) is 64.8 Å². The minimum Gasteiger partial charge on any atom is -0.312 e. The highest BCUT2D eigenvalue weighted by molar-refractivity contribution is 9.10. The molecule has 1 saturated carbocycles. The van der Waals surface area contributed by atoms with Gasteiger partial charge in [-0.1, -0.05) is 18.9 Å². The molecule has 1 fully saturated rings. The van der Waals surface area contributed by atoms with Crippen LogP contribution in [-0.2, 0) is 6.54 Å². The summed E-state index contributed by atoms with van der Waals surface area (Å²) in [6, 6.07) is 5.17. The average Bonchev–Trinajstić information content (AvgIpc) is 2.43. The number of benzene rings is 1. The van der Waals surface area contributed by atoms with Crippen molar-refractivity contribution in [3.63, 3.8) is 0 Å². The van der Waals surface area contributed by atoms with Gasteiger partial charge in [0.15, 0.2) is 0 Å². The fourth-order valence-corrected chi connectivity index (χ4v) is 3.64. The van der Waals surface area contributed by atoms with Gasteiger partial charge in [0, 0.05) is 12.4 Å². The first-order chi connectivity index (χ1) is 9.20. The van der Waals surface area contributed by atoms with E-state index in [2.05, 4.69) is 21.2 Å². The number of alkyl halides is 1. The van der Waals surface area contributed by atoms with Crippen molar-refractivity contribution >= 4 is 27.5 Å². The zero-order valence-electron chi connectivity index (χ0n) is 11.0. The van der Waals surface area contributed by atoms with Crippen molar-refractivity contribution in [2.45, 2.75) is 32.2 Å². The van der Waals surface area contributed by atoms with Gasteiger partial charge in [0.05, 0.1) is 4.47 Å². The quantitative estimate of drug-likeness (QED) is 0.759. The van der Waals surface area contributed by atoms with Crippen molar-refractivity contribution in [1.29, 1.82) is 0 Å². The van der Waals surface area contributed by atoms with Crippen molar-refractivity contribution in [2.75, 3.05) is 12.4 Å². The van der Waals surface area contributed by atoms with E-state index in [1.807, 2.05) is 12.1 Å². The molecule has 0 radical (unpaired) electrons. The second-order valence-corrected chi connectivity index (χ2v) is 6.50. The van der Waals surface area contributed by atoms with Gasteiger partial charge >= 0.3 is 0 Å². The molecule has 1 N–H and O–H groups in total. The third-order valence-corrected chi connectivity index (χ3v) is 4.99. The first-order valence-electron chi connectivity index (χ1n) is 6.91. The number of rotatable bonds is 5. The van der Waals surface area contributed by atoms with Gasteiger partial charge in [0.1, 0.15) is 5.82 Å². The van der Waals surface area contributed by atoms with E-state index in [-0.39, 0.29) is 5.82 Å². The predicted octanol–water partition coefficient (Wildman–Crippen LogP) is 4.72. The van der Waals surface area contributed by atoms with E-state index in [1.54, 1.807) is 0 Å². The van der Waals surface area contributed by atoms with E-state index in [9.17, 15) is 4.39 Å². The van der Waals surface area contributed by atoms with E-state index < -0.39 is 0 Å². The Balaban J connectivity index is 1.80. The van der Waals surface area contributed by atoms with Crippen molar-refractivity contribution in [1.82, 2.24) is 5.32 Å². The molecule has 0 aromatic heterocycles. The molecule has 0 saturated heterocycles. The number of hydrogen-bond acceptors (Lipinski definition) is 1. The van der Waals surface area contributed by atoms with E-state index in [0.717, 1.165) is 24.5 Å². The van der Waals surface area contributed by atoms with Crippen LogP contribution in [0, 0.1) is 17.7 Å². The molecule has 1 aromatic rings. The summed E-state index contributed by atoms with van der Waals surface area (Å²) in [5.41, 5.74) is 1.10. The Bertz CT molecular complexity index is 413. The van der Waals surface area contributed by atoms with E-state index >= 15 is 0 Å². The third-order valence-electron chi connectivity index (χ3n) is 3.98. The van der Waals surface area contributed by atoms with E-state index in [1.165, 1.54) is 31.7 Å². The summed E-state index contributed by atoms with van der Waals surface area (Å²) in [4.78, 5) is 0. The zero-order chi connectivity index (χ0) is 13.7. The van der Waals surface area contributed by atoms with Gasteiger partial charge in [-0.25, -0.2) is 4.39 Å². The monoisotopic (exact) mass is 347 g/mol. The minimum absolute atomic E-state index is 0.210. The Labute approximate surface area is 128 Å². The Hall–Kier alpha value is -0.120. The lowest BCUT2D eigenvalue weighted by molar-refractivity contribution is 0.250. The van der Waals surface area contributed by atoms with E-state index in [0.29, 0.717) is 16.3 Å². The van der Waals surface area contributed by atoms with Crippen LogP contribution in [0.5, 0.6) is 0 Å². The molecule has 1 nitrogen and oxygen atoms in total. The second kappa shape index (κ2) is 7.61. The normalized spacial score (nSPS) is 23.5. The summed E-state index contributed by atoms with van der Waals surface area (Å²) in [5, 5.41) is 3.48. The summed E-state index contributed by atoms with van der Waals surface area (Å²) < 4.78 is 13.7. The number of halogens is 3. The van der Waals surface area contributed by atoms with Gasteiger partial charge in [-0.2, -0.15) is 0 Å². The molecule has 0 spiro atoms. The van der Waals surface area contributed by atoms with Crippen LogP contribution < -0.4 is 5.32 Å². The maximum atomic E-state index is 13.1. The molecule has 0 amide bonds. The molecule has 0 aliphatic heterocycles. The lowest BCUT2D eigenvalue weighted by Gasteiger charge is -2.30. The molecule has 1 aromatic carbocycles. The van der Waals surface area contributed by atoms with Crippen LogP contribution >= 0.6 is 27.5 Å². The molecular weight excluding hydrogens is 329 g/mol. The van der Waals surface area contributed by atoms with Crippen LogP contribution in [-0.4, -0.2) is 12.4 Å². The highest BCUT2D eigenvalue weighted by Gasteiger charge is 2.23. The van der Waals surface area contributed by atoms with Crippen LogP contribution in [0.3, 0.4) is 0 Å². The third kappa shape index (κ3) is 4.44. The first-order valence-corrected chi connectivity index (χ1v) is 8.24. The van der Waals surface area contributed by atoms with Gasteiger partial charge < -0.3 is 5.32 Å². The fraction of sp³-hybridized carbons (Fsp3) is 0.600. The average molecular weight is 349 g/mol. The zero-order valence-corrected chi connectivity index (χ0v) is 13.3. The molecule has 2 unspecified atom stereocenters. The summed E-state index contributed by atoms with van der Waals surface area (Å²) >= 11 is 9.25. The lowest BCUT2D eigenvalue weighted by atomic mass is 9.80. The van der Waals surface area contributed by atoms with Crippen molar-refractivity contribution in [2.24, 2.45) is 11.8 Å². The predicted molar refractivity (Wildman–Crippen MR) is 82.0 cm³/mol. The molecular formula is C15H20BrClFN. The van der Waals surface area contributed by atoms with Gasteiger partial charge in [-0.3, -0.25) is 0 Å². The molecule has 106 valence electrons. The maximum absolute atomic E-state index is 13.1. The standard InChI is InChI=1S/C15H20BrClFN/c16-14-7-11(5-6-15(14)18)9-19-10-13-4-2-1-3-12(13)8-17/h5-7,12-13,19H,1-4,8-10H2. The second-order valence-electron chi connectivity index (χ2n) is 5.34. The van der Waals surface area contributed by atoms with Crippen molar-refractivity contribution in [3.8, 4) is 0 Å². The highest BCUT2D eigenvalue weighted by Crippen LogP contribution is 2.30. The Morgan fingerprint density at radius 2 is 2.00 bits per heavy atom. The van der Waals surface area contributed by atoms with Crippen LogP contribution in [0.25, 0.3) is 0 Å². The summed E-state index contributed by atoms with van der Waals surface area (Å²) in [6.07, 6.45) is 5.18. The molecule has 19 heavy (non-hydrogen) atoms. The molecule has 2 rings (SSSR count). The van der Waals surface area contributed by atoms with Gasteiger partial charge in [0.25, 0.3) is 0 Å². The minimum atomic E-state index is -0.210. The molecule has 1 aliphatic carbocycles. The molecule has 0 bridgehead atoms. The largest absolute Gasteiger partial charge is 0.312 e. The van der Waals surface area contributed by atoms with Crippen molar-refractivity contribution in [3.05, 3.63) is 34.1 Å². The molecule has 1 aliphatic rings. The Kier molecular flexibility index (Phi) is 6.11. The smallest absolute Gasteiger partial charge is 0.137 e. The van der Waals surface area contributed by atoms with Crippen LogP contribution in [0.4, 0.5) is 4.39 Å². The summed E-state index contributed by atoms with van der Waals surface area (Å²) in [7, 11) is 0. The first kappa shape index (κ1) is 15.3. The topological polar surface area (TPSA) is 12.0 Å². The van der Waals surface area contributed by atoms with Crippen LogP contribution in [0.1, 0.15) is 31.2 Å². The van der Waals surface area contributed by atoms with Gasteiger partial charge in [-0.15, -0.1) is 11.6 Å². The number of hydrogen-bond donors (Lipinski definition) is 1. The van der Waals surface area contributed by atoms with Gasteiger partial charge in [0.2, 0.25) is 0 Å². The molecule has 4 heteroatoms. The van der Waals surface area contributed by atoms with Crippen molar-refractivity contribution < 1.29 is 4.39 Å². The van der Waals surface area contributed by atoms with Crippen LogP contribution in [0.15, 0.2) is 22.7 Å². The SMILES string of the molecule is Fc1ccc(CNCC2CCCCC2CCl)cc1Br. The maximum Gasteiger partial charge on any atom is 0.137 e. The molecule has 0 heterocycles.